The lowest BCUT2D eigenvalue weighted by Gasteiger charge is -2.10. The van der Waals surface area contributed by atoms with E-state index in [2.05, 4.69) is 0 Å². The molecule has 112 valence electrons. The van der Waals surface area contributed by atoms with Crippen LogP contribution in [0.25, 0.3) is 6.08 Å². The number of hydroxylamine groups is 1. The quantitative estimate of drug-likeness (QED) is 0.447. The molecule has 2 rings (SSSR count). The molecule has 0 radical (unpaired) electrons. The number of rotatable bonds is 5. The van der Waals surface area contributed by atoms with Gasteiger partial charge in [0.25, 0.3) is 5.91 Å². The molecule has 5 heteroatoms. The van der Waals surface area contributed by atoms with Crippen molar-refractivity contribution >= 4 is 17.9 Å². The van der Waals surface area contributed by atoms with Gasteiger partial charge in [-0.15, -0.1) is 0 Å². The van der Waals surface area contributed by atoms with Gasteiger partial charge in [-0.25, -0.2) is 5.48 Å². The van der Waals surface area contributed by atoms with Gasteiger partial charge in [-0.05, 0) is 35.3 Å². The molecule has 0 aromatic heterocycles. The molecular weight excluding hydrogens is 280 g/mol. The Morgan fingerprint density at radius 3 is 2.45 bits per heavy atom. The molecule has 0 heterocycles. The van der Waals surface area contributed by atoms with E-state index in [1.54, 1.807) is 12.1 Å². The van der Waals surface area contributed by atoms with Gasteiger partial charge in [0.2, 0.25) is 5.91 Å². The smallest absolute Gasteiger partial charge is 0.267 e. The first kappa shape index (κ1) is 15.5. The standard InChI is InChI=1S/C17H16N2O3/c18-17(21)15-8-4-7-13(11-12-5-2-1-3-6-12)14(15)9-10-16(20)19-22/h1-10,22H,11H2,(H2,18,21)(H,19,20)/b10-9+. The lowest BCUT2D eigenvalue weighted by molar-refractivity contribution is -0.124. The molecule has 2 aromatic rings. The van der Waals surface area contributed by atoms with Crippen LogP contribution >= 0.6 is 0 Å². The van der Waals surface area contributed by atoms with Crippen molar-refractivity contribution in [1.82, 2.24) is 5.48 Å². The summed E-state index contributed by atoms with van der Waals surface area (Å²) in [6.07, 6.45) is 3.22. The summed E-state index contributed by atoms with van der Waals surface area (Å²) < 4.78 is 0. The lowest BCUT2D eigenvalue weighted by Crippen LogP contribution is -2.16. The molecule has 0 bridgehead atoms. The zero-order chi connectivity index (χ0) is 15.9. The first-order valence-corrected chi connectivity index (χ1v) is 6.69. The summed E-state index contributed by atoms with van der Waals surface area (Å²) in [5.74, 6) is -1.25. The number of carbonyl (C=O) groups is 2. The first-order chi connectivity index (χ1) is 10.6. The van der Waals surface area contributed by atoms with Crippen molar-refractivity contribution in [1.29, 1.82) is 0 Å². The van der Waals surface area contributed by atoms with Crippen LogP contribution in [0.2, 0.25) is 0 Å². The Kier molecular flexibility index (Phi) is 5.06. The second-order valence-electron chi connectivity index (χ2n) is 4.71. The lowest BCUT2D eigenvalue weighted by atomic mass is 9.95. The topological polar surface area (TPSA) is 92.4 Å². The molecule has 2 amide bonds. The Balaban J connectivity index is 2.44. The van der Waals surface area contributed by atoms with Crippen LogP contribution in [0.4, 0.5) is 0 Å². The molecule has 4 N–H and O–H groups in total. The summed E-state index contributed by atoms with van der Waals surface area (Å²) in [4.78, 5) is 22.8. The molecule has 0 fully saturated rings. The number of hydrogen-bond acceptors (Lipinski definition) is 3. The monoisotopic (exact) mass is 296 g/mol. The highest BCUT2D eigenvalue weighted by molar-refractivity contribution is 5.99. The van der Waals surface area contributed by atoms with Crippen molar-refractivity contribution in [2.75, 3.05) is 0 Å². The highest BCUT2D eigenvalue weighted by Gasteiger charge is 2.11. The zero-order valence-corrected chi connectivity index (χ0v) is 11.8. The third-order valence-corrected chi connectivity index (χ3v) is 3.21. The predicted octanol–water partition coefficient (Wildman–Crippen LogP) is 1.89. The number of primary amides is 1. The zero-order valence-electron chi connectivity index (χ0n) is 11.8. The molecule has 0 atom stereocenters. The molecule has 0 aliphatic heterocycles. The number of nitrogens with one attached hydrogen (secondary N) is 1. The van der Waals surface area contributed by atoms with Gasteiger partial charge < -0.3 is 5.73 Å². The average molecular weight is 296 g/mol. The second-order valence-corrected chi connectivity index (χ2v) is 4.71. The molecule has 5 nitrogen and oxygen atoms in total. The third kappa shape index (κ3) is 3.80. The Labute approximate surface area is 128 Å². The van der Waals surface area contributed by atoms with E-state index in [0.29, 0.717) is 17.5 Å². The third-order valence-electron chi connectivity index (χ3n) is 3.21. The van der Waals surface area contributed by atoms with Gasteiger partial charge in [-0.1, -0.05) is 42.5 Å². The maximum absolute atomic E-state index is 11.6. The van der Waals surface area contributed by atoms with Crippen LogP contribution in [-0.2, 0) is 11.2 Å². The van der Waals surface area contributed by atoms with Crippen molar-refractivity contribution in [3.05, 3.63) is 76.9 Å². The Bertz CT molecular complexity index is 709. The molecule has 0 spiro atoms. The van der Waals surface area contributed by atoms with Crippen molar-refractivity contribution in [3.63, 3.8) is 0 Å². The molecule has 0 saturated heterocycles. The summed E-state index contributed by atoms with van der Waals surface area (Å²) in [7, 11) is 0. The van der Waals surface area contributed by atoms with E-state index in [4.69, 9.17) is 10.9 Å². The van der Waals surface area contributed by atoms with Crippen molar-refractivity contribution in [2.24, 2.45) is 5.73 Å². The second kappa shape index (κ2) is 7.19. The Hall–Kier alpha value is -2.92. The molecule has 22 heavy (non-hydrogen) atoms. The minimum atomic E-state index is -0.676. The van der Waals surface area contributed by atoms with Gasteiger partial charge in [0.05, 0.1) is 0 Å². The van der Waals surface area contributed by atoms with Gasteiger partial charge in [0.1, 0.15) is 0 Å². The fourth-order valence-electron chi connectivity index (χ4n) is 2.19. The number of amides is 2. The summed E-state index contributed by atoms with van der Waals surface area (Å²) >= 11 is 0. The van der Waals surface area contributed by atoms with Crippen LogP contribution in [0, 0.1) is 0 Å². The summed E-state index contributed by atoms with van der Waals surface area (Å²) in [6.45, 7) is 0. The summed E-state index contributed by atoms with van der Waals surface area (Å²) in [5.41, 5.74) is 9.74. The van der Waals surface area contributed by atoms with Crippen LogP contribution in [0.5, 0.6) is 0 Å². The van der Waals surface area contributed by atoms with E-state index in [9.17, 15) is 9.59 Å². The molecule has 2 aromatic carbocycles. The van der Waals surface area contributed by atoms with E-state index in [0.717, 1.165) is 17.2 Å². The molecule has 0 saturated carbocycles. The number of hydrogen-bond donors (Lipinski definition) is 3. The van der Waals surface area contributed by atoms with E-state index >= 15 is 0 Å². The Morgan fingerprint density at radius 1 is 1.09 bits per heavy atom. The SMILES string of the molecule is NC(=O)c1cccc(Cc2ccccc2)c1/C=C/C(=O)NO. The fraction of sp³-hybridized carbons (Fsp3) is 0.0588. The summed E-state index contributed by atoms with van der Waals surface area (Å²) in [5, 5.41) is 8.55. The van der Waals surface area contributed by atoms with Gasteiger partial charge in [-0.3, -0.25) is 14.8 Å². The minimum Gasteiger partial charge on any atom is -0.366 e. The normalized spacial score (nSPS) is 10.6. The van der Waals surface area contributed by atoms with Crippen LogP contribution in [0.1, 0.15) is 27.0 Å². The minimum absolute atomic E-state index is 0.329. The highest BCUT2D eigenvalue weighted by atomic mass is 16.5. The molecule has 0 unspecified atom stereocenters. The van der Waals surface area contributed by atoms with E-state index in [-0.39, 0.29) is 0 Å². The summed E-state index contributed by atoms with van der Waals surface area (Å²) in [6, 6.07) is 15.0. The van der Waals surface area contributed by atoms with E-state index in [1.807, 2.05) is 36.4 Å². The fourth-order valence-corrected chi connectivity index (χ4v) is 2.19. The number of benzene rings is 2. The van der Waals surface area contributed by atoms with E-state index < -0.39 is 11.8 Å². The van der Waals surface area contributed by atoms with Gasteiger partial charge in [-0.2, -0.15) is 0 Å². The van der Waals surface area contributed by atoms with Crippen molar-refractivity contribution < 1.29 is 14.8 Å². The van der Waals surface area contributed by atoms with Crippen LogP contribution in [0.15, 0.2) is 54.6 Å². The number of nitrogens with two attached hydrogens (primary N) is 1. The molecule has 0 aliphatic carbocycles. The van der Waals surface area contributed by atoms with Gasteiger partial charge in [0.15, 0.2) is 0 Å². The van der Waals surface area contributed by atoms with Crippen molar-refractivity contribution in [2.45, 2.75) is 6.42 Å². The molecule has 0 aliphatic rings. The predicted molar refractivity (Wildman–Crippen MR) is 83.2 cm³/mol. The maximum atomic E-state index is 11.6. The maximum Gasteiger partial charge on any atom is 0.267 e. The highest BCUT2D eigenvalue weighted by Crippen LogP contribution is 2.20. The van der Waals surface area contributed by atoms with E-state index in [1.165, 1.54) is 11.6 Å². The first-order valence-electron chi connectivity index (χ1n) is 6.69. The molecular formula is C17H16N2O3. The van der Waals surface area contributed by atoms with Crippen LogP contribution in [-0.4, -0.2) is 17.0 Å². The number of carbonyl (C=O) groups excluding carboxylic acids is 2. The average Bonchev–Trinajstić information content (AvgIpc) is 2.54. The largest absolute Gasteiger partial charge is 0.366 e. The Morgan fingerprint density at radius 2 is 1.82 bits per heavy atom. The van der Waals surface area contributed by atoms with Crippen LogP contribution < -0.4 is 11.2 Å². The van der Waals surface area contributed by atoms with Crippen LogP contribution in [0.3, 0.4) is 0 Å². The van der Waals surface area contributed by atoms with Gasteiger partial charge in [0, 0.05) is 11.6 Å². The van der Waals surface area contributed by atoms with Gasteiger partial charge >= 0.3 is 0 Å². The van der Waals surface area contributed by atoms with Crippen molar-refractivity contribution in [3.8, 4) is 0 Å².